The molecule has 0 aliphatic carbocycles. The van der Waals surface area contributed by atoms with Gasteiger partial charge in [-0.25, -0.2) is 9.78 Å². The van der Waals surface area contributed by atoms with Crippen LogP contribution in [0.25, 0.3) is 16.8 Å². The number of nitrogens with zero attached hydrogens (tertiary/aromatic N) is 1. The van der Waals surface area contributed by atoms with Crippen molar-refractivity contribution < 1.29 is 9.90 Å². The Hall–Kier alpha value is -3.12. The zero-order valence-corrected chi connectivity index (χ0v) is 14.9. The Labute approximate surface area is 155 Å². The molecular formula is C20H17N3O2S. The number of aromatic hydroxyl groups is 1. The molecule has 1 aliphatic rings. The number of hydrogen-bond donors (Lipinski definition) is 3. The second kappa shape index (κ2) is 6.65. The van der Waals surface area contributed by atoms with Gasteiger partial charge in [-0.1, -0.05) is 42.5 Å². The number of phenols is 1. The van der Waals surface area contributed by atoms with Crippen LogP contribution in [0, 0.1) is 0 Å². The minimum Gasteiger partial charge on any atom is -0.508 e. The highest BCUT2D eigenvalue weighted by atomic mass is 32.1. The molecule has 26 heavy (non-hydrogen) atoms. The lowest BCUT2D eigenvalue weighted by atomic mass is 9.96. The van der Waals surface area contributed by atoms with Gasteiger partial charge in [0, 0.05) is 22.2 Å². The van der Waals surface area contributed by atoms with Crippen LogP contribution in [0.15, 0.2) is 65.7 Å². The lowest BCUT2D eigenvalue weighted by Gasteiger charge is -2.28. The van der Waals surface area contributed by atoms with Gasteiger partial charge in [0.25, 0.3) is 0 Å². The van der Waals surface area contributed by atoms with Crippen LogP contribution in [0.1, 0.15) is 23.5 Å². The van der Waals surface area contributed by atoms with Gasteiger partial charge in [-0.05, 0) is 24.6 Å². The van der Waals surface area contributed by atoms with E-state index in [-0.39, 0.29) is 17.8 Å². The van der Waals surface area contributed by atoms with Gasteiger partial charge in [-0.3, -0.25) is 0 Å². The number of aromatic nitrogens is 1. The average molecular weight is 363 g/mol. The van der Waals surface area contributed by atoms with E-state index in [4.69, 9.17) is 4.98 Å². The molecule has 0 radical (unpaired) electrons. The predicted molar refractivity (Wildman–Crippen MR) is 103 cm³/mol. The zero-order valence-electron chi connectivity index (χ0n) is 14.1. The molecule has 0 fully saturated rings. The first kappa shape index (κ1) is 16.4. The molecule has 3 N–H and O–H groups in total. The van der Waals surface area contributed by atoms with Gasteiger partial charge in [-0.2, -0.15) is 0 Å². The van der Waals surface area contributed by atoms with Gasteiger partial charge in [0.1, 0.15) is 10.8 Å². The molecule has 4 rings (SSSR count). The number of thiazole rings is 1. The molecule has 3 aromatic rings. The minimum atomic E-state index is -0.370. The van der Waals surface area contributed by atoms with Crippen molar-refractivity contribution in [2.24, 2.45) is 0 Å². The van der Waals surface area contributed by atoms with Crippen LogP contribution in [0.3, 0.4) is 0 Å². The maximum Gasteiger partial charge on any atom is 0.319 e. The molecule has 2 aromatic carbocycles. The predicted octanol–water partition coefficient (Wildman–Crippen LogP) is 4.30. The first-order valence-corrected chi connectivity index (χ1v) is 9.08. The number of benzene rings is 2. The summed E-state index contributed by atoms with van der Waals surface area (Å²) in [6.07, 6.45) is 0. The van der Waals surface area contributed by atoms with E-state index in [0.717, 1.165) is 33.1 Å². The third-order valence-corrected chi connectivity index (χ3v) is 5.15. The number of carbonyl (C=O) groups is 1. The fourth-order valence-electron chi connectivity index (χ4n) is 3.07. The van der Waals surface area contributed by atoms with Crippen molar-refractivity contribution in [1.82, 2.24) is 15.6 Å². The number of phenolic OH excluding ortho intramolecular Hbond substituents is 1. The number of nitrogens with one attached hydrogen (secondary N) is 2. The number of urea groups is 1. The highest BCUT2D eigenvalue weighted by Gasteiger charge is 2.29. The Morgan fingerprint density at radius 2 is 1.92 bits per heavy atom. The Kier molecular flexibility index (Phi) is 4.18. The molecule has 0 saturated carbocycles. The van der Waals surface area contributed by atoms with Crippen LogP contribution in [-0.2, 0) is 0 Å². The summed E-state index contributed by atoms with van der Waals surface area (Å²) in [5, 5.41) is 18.4. The van der Waals surface area contributed by atoms with Gasteiger partial charge < -0.3 is 15.7 Å². The molecular weight excluding hydrogens is 346 g/mol. The minimum absolute atomic E-state index is 0.163. The third kappa shape index (κ3) is 3.07. The molecule has 130 valence electrons. The summed E-state index contributed by atoms with van der Waals surface area (Å²) < 4.78 is 0. The van der Waals surface area contributed by atoms with Crippen LogP contribution < -0.4 is 10.6 Å². The molecule has 1 aliphatic heterocycles. The lowest BCUT2D eigenvalue weighted by Crippen LogP contribution is -2.42. The van der Waals surface area contributed by atoms with Crippen molar-refractivity contribution in [2.75, 3.05) is 0 Å². The van der Waals surface area contributed by atoms with Gasteiger partial charge >= 0.3 is 6.03 Å². The summed E-state index contributed by atoms with van der Waals surface area (Å²) in [6, 6.07) is 16.3. The van der Waals surface area contributed by atoms with Crippen LogP contribution in [-0.4, -0.2) is 16.1 Å². The molecule has 1 atom stereocenters. The van der Waals surface area contributed by atoms with E-state index in [1.165, 1.54) is 11.3 Å². The molecule has 0 bridgehead atoms. The topological polar surface area (TPSA) is 74.2 Å². The van der Waals surface area contributed by atoms with E-state index in [9.17, 15) is 9.90 Å². The molecule has 2 heterocycles. The van der Waals surface area contributed by atoms with Gasteiger partial charge in [-0.15, -0.1) is 11.3 Å². The number of amides is 2. The van der Waals surface area contributed by atoms with Crippen molar-refractivity contribution in [1.29, 1.82) is 0 Å². The fraction of sp³-hybridized carbons (Fsp3) is 0.100. The van der Waals surface area contributed by atoms with Crippen LogP contribution in [0.2, 0.25) is 0 Å². The van der Waals surface area contributed by atoms with E-state index in [1.807, 2.05) is 48.7 Å². The van der Waals surface area contributed by atoms with Gasteiger partial charge in [0.15, 0.2) is 0 Å². The number of carbonyl (C=O) groups excluding carboxylic acids is 1. The average Bonchev–Trinajstić information content (AvgIpc) is 3.11. The number of rotatable bonds is 3. The standard InChI is InChI=1S/C20H17N3O2S/c1-12-17(19-22-16(11-26-19)13-6-3-2-4-7-13)18(23-20(25)21-12)14-8-5-9-15(24)10-14/h2-11,18,24H,1H3,(H2,21,23,25). The Morgan fingerprint density at radius 3 is 2.69 bits per heavy atom. The van der Waals surface area contributed by atoms with Crippen molar-refractivity contribution in [3.05, 3.63) is 76.2 Å². The zero-order chi connectivity index (χ0) is 18.1. The fourth-order valence-corrected chi connectivity index (χ4v) is 4.03. The molecule has 1 unspecified atom stereocenters. The van der Waals surface area contributed by atoms with Gasteiger partial charge in [0.05, 0.1) is 11.7 Å². The number of hydrogen-bond acceptors (Lipinski definition) is 4. The van der Waals surface area contributed by atoms with E-state index < -0.39 is 0 Å². The summed E-state index contributed by atoms with van der Waals surface area (Å²) in [5.74, 6) is 0.163. The molecule has 5 nitrogen and oxygen atoms in total. The van der Waals surface area contributed by atoms with Crippen LogP contribution >= 0.6 is 11.3 Å². The summed E-state index contributed by atoms with van der Waals surface area (Å²) in [6.45, 7) is 1.87. The van der Waals surface area contributed by atoms with Gasteiger partial charge in [0.2, 0.25) is 0 Å². The SMILES string of the molecule is CC1=C(c2nc(-c3ccccc3)cs2)C(c2cccc(O)c2)NC(=O)N1. The first-order valence-electron chi connectivity index (χ1n) is 8.20. The van der Waals surface area contributed by atoms with Crippen molar-refractivity contribution in [2.45, 2.75) is 13.0 Å². The second-order valence-electron chi connectivity index (χ2n) is 6.07. The smallest absolute Gasteiger partial charge is 0.319 e. The Balaban J connectivity index is 1.78. The monoisotopic (exact) mass is 363 g/mol. The van der Waals surface area contributed by atoms with E-state index in [2.05, 4.69) is 10.6 Å². The highest BCUT2D eigenvalue weighted by molar-refractivity contribution is 7.11. The third-order valence-electron chi connectivity index (χ3n) is 4.28. The summed E-state index contributed by atoms with van der Waals surface area (Å²) >= 11 is 1.54. The van der Waals surface area contributed by atoms with Crippen LogP contribution in [0.5, 0.6) is 5.75 Å². The highest BCUT2D eigenvalue weighted by Crippen LogP contribution is 2.37. The van der Waals surface area contributed by atoms with Crippen LogP contribution in [0.4, 0.5) is 4.79 Å². The maximum absolute atomic E-state index is 12.0. The number of allylic oxidation sites excluding steroid dienone is 1. The molecule has 0 saturated heterocycles. The Bertz CT molecular complexity index is 995. The van der Waals surface area contributed by atoms with E-state index in [0.29, 0.717) is 0 Å². The normalized spacial score (nSPS) is 17.0. The summed E-state index contributed by atoms with van der Waals surface area (Å²) in [5.41, 5.74) is 4.43. The van der Waals surface area contributed by atoms with E-state index >= 15 is 0 Å². The van der Waals surface area contributed by atoms with Crippen molar-refractivity contribution >= 4 is 22.9 Å². The molecule has 6 heteroatoms. The maximum atomic E-state index is 12.0. The van der Waals surface area contributed by atoms with E-state index in [1.54, 1.807) is 18.2 Å². The molecule has 0 spiro atoms. The Morgan fingerprint density at radius 1 is 1.12 bits per heavy atom. The quantitative estimate of drug-likeness (QED) is 0.649. The largest absolute Gasteiger partial charge is 0.508 e. The van der Waals surface area contributed by atoms with Crippen molar-refractivity contribution in [3.8, 4) is 17.0 Å². The molecule has 2 amide bonds. The van der Waals surface area contributed by atoms with Crippen molar-refractivity contribution in [3.63, 3.8) is 0 Å². The summed E-state index contributed by atoms with van der Waals surface area (Å²) in [7, 11) is 0. The second-order valence-corrected chi connectivity index (χ2v) is 6.93. The molecule has 1 aromatic heterocycles. The summed E-state index contributed by atoms with van der Waals surface area (Å²) in [4.78, 5) is 16.8. The first-order chi connectivity index (χ1) is 12.6. The lowest BCUT2D eigenvalue weighted by molar-refractivity contribution is 0.240.